The number of carbonyl (C=O) groups excluding carboxylic acids is 2. The number of para-hydroxylation sites is 1. The molecule has 30 heavy (non-hydrogen) atoms. The Bertz CT molecular complexity index is 924. The number of nitrogens with zero attached hydrogens (tertiary/aromatic N) is 2. The van der Waals surface area contributed by atoms with Crippen LogP contribution in [-0.4, -0.2) is 49.5 Å². The Morgan fingerprint density at radius 1 is 1.10 bits per heavy atom. The van der Waals surface area contributed by atoms with Crippen LogP contribution in [0.4, 0.5) is 11.4 Å². The van der Waals surface area contributed by atoms with Crippen LogP contribution in [0.25, 0.3) is 0 Å². The average molecular weight is 430 g/mol. The summed E-state index contributed by atoms with van der Waals surface area (Å²) in [6.45, 7) is 8.36. The molecule has 0 atom stereocenters. The van der Waals surface area contributed by atoms with Crippen LogP contribution in [0, 0.1) is 13.8 Å². The van der Waals surface area contributed by atoms with Crippen molar-refractivity contribution in [2.75, 3.05) is 43.0 Å². The molecule has 2 aromatic carbocycles. The molecular weight excluding hydrogens is 402 g/mol. The molecule has 1 heterocycles. The van der Waals surface area contributed by atoms with Crippen molar-refractivity contribution in [1.82, 2.24) is 4.90 Å². The van der Waals surface area contributed by atoms with E-state index in [0.29, 0.717) is 49.1 Å². The van der Waals surface area contributed by atoms with Crippen molar-refractivity contribution in [2.24, 2.45) is 0 Å². The minimum absolute atomic E-state index is 0.0887. The van der Waals surface area contributed by atoms with E-state index in [0.717, 1.165) is 16.8 Å². The van der Waals surface area contributed by atoms with Gasteiger partial charge in [0.1, 0.15) is 5.75 Å². The first-order chi connectivity index (χ1) is 14.4. The first kappa shape index (κ1) is 22.0. The molecule has 3 rings (SSSR count). The predicted molar refractivity (Wildman–Crippen MR) is 121 cm³/mol. The number of halogens is 1. The SMILES string of the molecule is CCC(=O)N1CCN(c2c(Cl)cccc2NC(=O)COc2ccc(C)cc2C)CC1. The van der Waals surface area contributed by atoms with Gasteiger partial charge in [-0.15, -0.1) is 0 Å². The summed E-state index contributed by atoms with van der Waals surface area (Å²) in [5.41, 5.74) is 3.56. The van der Waals surface area contributed by atoms with Crippen LogP contribution >= 0.6 is 11.6 Å². The standard InChI is InChI=1S/C23H28ClN3O3/c1-4-22(29)26-10-12-27(13-11-26)23-18(24)6-5-7-19(23)25-21(28)15-30-20-9-8-16(2)14-17(20)3/h5-9,14H,4,10-13,15H2,1-3H3,(H,25,28). The summed E-state index contributed by atoms with van der Waals surface area (Å²) in [6, 6.07) is 11.3. The van der Waals surface area contributed by atoms with Crippen molar-refractivity contribution in [1.29, 1.82) is 0 Å². The number of aryl methyl sites for hydroxylation is 2. The minimum Gasteiger partial charge on any atom is -0.483 e. The Balaban J connectivity index is 1.66. The molecule has 1 fully saturated rings. The van der Waals surface area contributed by atoms with E-state index >= 15 is 0 Å². The molecule has 1 aliphatic heterocycles. The quantitative estimate of drug-likeness (QED) is 0.753. The number of carbonyl (C=O) groups is 2. The molecule has 2 aromatic rings. The molecule has 1 aliphatic rings. The van der Waals surface area contributed by atoms with E-state index in [1.807, 2.05) is 62.1 Å². The van der Waals surface area contributed by atoms with Gasteiger partial charge in [-0.25, -0.2) is 0 Å². The van der Waals surface area contributed by atoms with Crippen molar-refractivity contribution < 1.29 is 14.3 Å². The van der Waals surface area contributed by atoms with Gasteiger partial charge in [-0.2, -0.15) is 0 Å². The smallest absolute Gasteiger partial charge is 0.262 e. The molecule has 160 valence electrons. The lowest BCUT2D eigenvalue weighted by atomic mass is 10.1. The third kappa shape index (κ3) is 5.25. The maximum absolute atomic E-state index is 12.5. The van der Waals surface area contributed by atoms with Gasteiger partial charge in [-0.3, -0.25) is 9.59 Å². The second kappa shape index (κ2) is 9.85. The first-order valence-corrected chi connectivity index (χ1v) is 10.6. The average Bonchev–Trinajstić information content (AvgIpc) is 2.73. The monoisotopic (exact) mass is 429 g/mol. The normalized spacial score (nSPS) is 13.9. The number of hydrogen-bond acceptors (Lipinski definition) is 4. The first-order valence-electron chi connectivity index (χ1n) is 10.2. The number of rotatable bonds is 6. The van der Waals surface area contributed by atoms with Gasteiger partial charge >= 0.3 is 0 Å². The number of anilines is 2. The van der Waals surface area contributed by atoms with Gasteiger partial charge in [0, 0.05) is 32.6 Å². The fraction of sp³-hybridized carbons (Fsp3) is 0.391. The van der Waals surface area contributed by atoms with Crippen LogP contribution < -0.4 is 15.0 Å². The van der Waals surface area contributed by atoms with Crippen LogP contribution in [0.15, 0.2) is 36.4 Å². The van der Waals surface area contributed by atoms with Gasteiger partial charge in [0.05, 0.1) is 16.4 Å². The van der Waals surface area contributed by atoms with E-state index in [2.05, 4.69) is 10.2 Å². The summed E-state index contributed by atoms with van der Waals surface area (Å²) < 4.78 is 5.69. The molecule has 0 radical (unpaired) electrons. The highest BCUT2D eigenvalue weighted by Crippen LogP contribution is 2.34. The van der Waals surface area contributed by atoms with Gasteiger partial charge in [0.15, 0.2) is 6.61 Å². The zero-order valence-electron chi connectivity index (χ0n) is 17.7. The van der Waals surface area contributed by atoms with E-state index in [-0.39, 0.29) is 18.4 Å². The van der Waals surface area contributed by atoms with E-state index in [1.165, 1.54) is 0 Å². The highest BCUT2D eigenvalue weighted by atomic mass is 35.5. The lowest BCUT2D eigenvalue weighted by Gasteiger charge is -2.37. The fourth-order valence-corrected chi connectivity index (χ4v) is 3.93. The molecule has 0 unspecified atom stereocenters. The number of amides is 2. The zero-order chi connectivity index (χ0) is 21.7. The van der Waals surface area contributed by atoms with Gasteiger partial charge in [0.25, 0.3) is 5.91 Å². The summed E-state index contributed by atoms with van der Waals surface area (Å²) >= 11 is 6.48. The Hall–Kier alpha value is -2.73. The summed E-state index contributed by atoms with van der Waals surface area (Å²) in [5, 5.41) is 3.49. The van der Waals surface area contributed by atoms with Crippen LogP contribution in [0.3, 0.4) is 0 Å². The molecule has 1 N–H and O–H groups in total. The van der Waals surface area contributed by atoms with Crippen LogP contribution in [0.5, 0.6) is 5.75 Å². The number of nitrogens with one attached hydrogen (secondary N) is 1. The topological polar surface area (TPSA) is 61.9 Å². The summed E-state index contributed by atoms with van der Waals surface area (Å²) in [4.78, 5) is 28.4. The number of piperazine rings is 1. The summed E-state index contributed by atoms with van der Waals surface area (Å²) in [5.74, 6) is 0.600. The lowest BCUT2D eigenvalue weighted by molar-refractivity contribution is -0.131. The summed E-state index contributed by atoms with van der Waals surface area (Å²) in [6.07, 6.45) is 0.508. The predicted octanol–water partition coefficient (Wildman–Crippen LogP) is 4.03. The van der Waals surface area contributed by atoms with Crippen molar-refractivity contribution >= 4 is 34.8 Å². The Labute approximate surface area is 182 Å². The Morgan fingerprint density at radius 3 is 2.50 bits per heavy atom. The maximum atomic E-state index is 12.5. The molecule has 7 heteroatoms. The van der Waals surface area contributed by atoms with E-state index < -0.39 is 0 Å². The van der Waals surface area contributed by atoms with Crippen molar-refractivity contribution in [2.45, 2.75) is 27.2 Å². The highest BCUT2D eigenvalue weighted by molar-refractivity contribution is 6.34. The lowest BCUT2D eigenvalue weighted by Crippen LogP contribution is -2.48. The van der Waals surface area contributed by atoms with Crippen LogP contribution in [0.1, 0.15) is 24.5 Å². The molecule has 6 nitrogen and oxygen atoms in total. The van der Waals surface area contributed by atoms with Gasteiger partial charge in [-0.1, -0.05) is 42.3 Å². The van der Waals surface area contributed by atoms with Crippen molar-refractivity contribution in [3.8, 4) is 5.75 Å². The molecule has 0 spiro atoms. The number of hydrogen-bond donors (Lipinski definition) is 1. The van der Waals surface area contributed by atoms with Crippen LogP contribution in [-0.2, 0) is 9.59 Å². The molecule has 0 aliphatic carbocycles. The largest absolute Gasteiger partial charge is 0.483 e. The fourth-order valence-electron chi connectivity index (χ4n) is 3.63. The second-order valence-electron chi connectivity index (χ2n) is 7.46. The van der Waals surface area contributed by atoms with Gasteiger partial charge < -0.3 is 19.9 Å². The van der Waals surface area contributed by atoms with Gasteiger partial charge in [0.2, 0.25) is 5.91 Å². The molecule has 2 amide bonds. The van der Waals surface area contributed by atoms with Crippen LogP contribution in [0.2, 0.25) is 5.02 Å². The molecular formula is C23H28ClN3O3. The van der Waals surface area contributed by atoms with E-state index in [9.17, 15) is 9.59 Å². The van der Waals surface area contributed by atoms with E-state index in [1.54, 1.807) is 0 Å². The molecule has 0 bridgehead atoms. The van der Waals surface area contributed by atoms with Gasteiger partial charge in [-0.05, 0) is 37.6 Å². The maximum Gasteiger partial charge on any atom is 0.262 e. The minimum atomic E-state index is -0.252. The zero-order valence-corrected chi connectivity index (χ0v) is 18.5. The Morgan fingerprint density at radius 2 is 1.83 bits per heavy atom. The number of benzene rings is 2. The van der Waals surface area contributed by atoms with Crippen molar-refractivity contribution in [3.63, 3.8) is 0 Å². The third-order valence-corrected chi connectivity index (χ3v) is 5.51. The second-order valence-corrected chi connectivity index (χ2v) is 7.87. The van der Waals surface area contributed by atoms with Crippen molar-refractivity contribution in [3.05, 3.63) is 52.5 Å². The third-order valence-electron chi connectivity index (χ3n) is 5.20. The summed E-state index contributed by atoms with van der Waals surface area (Å²) in [7, 11) is 0. The molecule has 1 saturated heterocycles. The van der Waals surface area contributed by atoms with E-state index in [4.69, 9.17) is 16.3 Å². The number of ether oxygens (including phenoxy) is 1. The Kier molecular flexibility index (Phi) is 7.21. The molecule has 0 aromatic heterocycles. The highest BCUT2D eigenvalue weighted by Gasteiger charge is 2.24. The molecule has 0 saturated carbocycles.